The highest BCUT2D eigenvalue weighted by Crippen LogP contribution is 2.24. The zero-order valence-corrected chi connectivity index (χ0v) is 17.8. The van der Waals surface area contributed by atoms with Crippen LogP contribution in [-0.2, 0) is 0 Å². The molecule has 8 nitrogen and oxygen atoms in total. The number of hydrogen-bond donors (Lipinski definition) is 1. The number of benzene rings is 1. The molecule has 0 amide bonds. The van der Waals surface area contributed by atoms with Gasteiger partial charge in [0.25, 0.3) is 0 Å². The second kappa shape index (κ2) is 8.44. The third kappa shape index (κ3) is 4.06. The Morgan fingerprint density at radius 1 is 1.00 bits per heavy atom. The van der Waals surface area contributed by atoms with Gasteiger partial charge in [-0.05, 0) is 37.4 Å². The first kappa shape index (κ1) is 20.8. The minimum atomic E-state index is -0.923. The molecule has 0 aliphatic carbocycles. The Balaban J connectivity index is 1.40. The molecule has 4 heterocycles. The normalized spacial score (nSPS) is 14.4. The van der Waals surface area contributed by atoms with Crippen LogP contribution in [0.3, 0.4) is 0 Å². The number of likely N-dealkylation sites (N-methyl/N-ethyl adjacent to an activating group) is 1. The predicted molar refractivity (Wildman–Crippen MR) is 121 cm³/mol. The van der Waals surface area contributed by atoms with Gasteiger partial charge in [0.05, 0.1) is 17.6 Å². The van der Waals surface area contributed by atoms with E-state index in [1.54, 1.807) is 29.2 Å². The van der Waals surface area contributed by atoms with Crippen LogP contribution in [0.25, 0.3) is 16.7 Å². The van der Waals surface area contributed by atoms with Crippen LogP contribution in [0.15, 0.2) is 48.9 Å². The molecule has 166 valence electrons. The van der Waals surface area contributed by atoms with Gasteiger partial charge in [0.15, 0.2) is 0 Å². The zero-order chi connectivity index (χ0) is 22.9. The van der Waals surface area contributed by atoms with E-state index in [1.165, 1.54) is 6.07 Å². The highest BCUT2D eigenvalue weighted by atomic mass is 19.1. The number of pyridine rings is 1. The van der Waals surface area contributed by atoms with Crippen LogP contribution in [0.2, 0.25) is 0 Å². The summed E-state index contributed by atoms with van der Waals surface area (Å²) in [6.07, 6.45) is 5.00. The Hall–Kier alpha value is -4.10. The summed E-state index contributed by atoms with van der Waals surface area (Å²) in [5.41, 5.74) is 0.806. The molecule has 0 radical (unpaired) electrons. The Kier molecular flexibility index (Phi) is 5.32. The summed E-state index contributed by atoms with van der Waals surface area (Å²) in [4.78, 5) is 17.9. The third-order valence-electron chi connectivity index (χ3n) is 5.68. The van der Waals surface area contributed by atoms with Crippen LogP contribution in [0.4, 0.5) is 26.2 Å². The molecule has 4 aromatic rings. The number of rotatable bonds is 4. The van der Waals surface area contributed by atoms with Gasteiger partial charge in [0.2, 0.25) is 5.95 Å². The molecule has 1 aliphatic heterocycles. The first-order valence-electron chi connectivity index (χ1n) is 10.4. The minimum absolute atomic E-state index is 0.224. The van der Waals surface area contributed by atoms with Gasteiger partial charge in [-0.1, -0.05) is 0 Å². The summed E-state index contributed by atoms with van der Waals surface area (Å²) in [6, 6.07) is 9.37. The second-order valence-corrected chi connectivity index (χ2v) is 7.87. The lowest BCUT2D eigenvalue weighted by atomic mass is 10.2. The summed E-state index contributed by atoms with van der Waals surface area (Å²) in [5.74, 6) is -0.600. The molecule has 0 atom stereocenters. The first-order valence-corrected chi connectivity index (χ1v) is 10.4. The lowest BCUT2D eigenvalue weighted by Crippen LogP contribution is -2.44. The van der Waals surface area contributed by atoms with E-state index in [1.807, 2.05) is 12.1 Å². The average molecular weight is 446 g/mol. The lowest BCUT2D eigenvalue weighted by molar-refractivity contribution is 0.312. The van der Waals surface area contributed by atoms with Crippen LogP contribution in [0, 0.1) is 23.0 Å². The number of halogens is 2. The maximum absolute atomic E-state index is 14.1. The summed E-state index contributed by atoms with van der Waals surface area (Å²) >= 11 is 0. The van der Waals surface area contributed by atoms with Crippen molar-refractivity contribution in [3.05, 3.63) is 66.1 Å². The highest BCUT2D eigenvalue weighted by molar-refractivity contribution is 5.79. The molecule has 3 aromatic heterocycles. The quantitative estimate of drug-likeness (QED) is 0.514. The Bertz CT molecular complexity index is 1330. The Morgan fingerprint density at radius 2 is 1.76 bits per heavy atom. The molecule has 33 heavy (non-hydrogen) atoms. The third-order valence-corrected chi connectivity index (χ3v) is 5.68. The van der Waals surface area contributed by atoms with Gasteiger partial charge in [0, 0.05) is 44.0 Å². The Labute approximate surface area is 188 Å². The number of nitriles is 1. The van der Waals surface area contributed by atoms with Gasteiger partial charge in [0.1, 0.15) is 34.7 Å². The van der Waals surface area contributed by atoms with E-state index in [0.717, 1.165) is 49.8 Å². The highest BCUT2D eigenvalue weighted by Gasteiger charge is 2.16. The summed E-state index contributed by atoms with van der Waals surface area (Å²) < 4.78 is 29.8. The average Bonchev–Trinajstić information content (AvgIpc) is 3.23. The van der Waals surface area contributed by atoms with Crippen molar-refractivity contribution in [1.29, 1.82) is 5.26 Å². The molecule has 10 heteroatoms. The van der Waals surface area contributed by atoms with E-state index in [4.69, 9.17) is 5.26 Å². The predicted octanol–water partition coefficient (Wildman–Crippen LogP) is 3.46. The van der Waals surface area contributed by atoms with E-state index >= 15 is 0 Å². The molecular weight excluding hydrogens is 426 g/mol. The SMILES string of the molecule is CN1CCN(c2ccc(Nc3ncc4ccn(-c5cc(F)c(C#N)c(F)c5)c4n3)cn2)CC1. The summed E-state index contributed by atoms with van der Waals surface area (Å²) in [6.45, 7) is 3.87. The molecule has 0 spiro atoms. The molecule has 0 bridgehead atoms. The second-order valence-electron chi connectivity index (χ2n) is 7.87. The standard InChI is InChI=1S/C23H20F2N8/c1-31-6-8-32(9-7-31)21-3-2-16(14-27-21)29-23-28-13-15-4-5-33(22(15)30-23)17-10-19(24)18(12-26)20(25)11-17/h2-5,10-11,13-14H,6-9H2,1H3,(H,28,29,30). The van der Waals surface area contributed by atoms with Crippen molar-refractivity contribution in [3.8, 4) is 11.8 Å². The molecule has 0 unspecified atom stereocenters. The Morgan fingerprint density at radius 3 is 2.42 bits per heavy atom. The molecule has 5 rings (SSSR count). The summed E-state index contributed by atoms with van der Waals surface area (Å²) in [7, 11) is 2.11. The van der Waals surface area contributed by atoms with Crippen LogP contribution in [-0.4, -0.2) is 57.6 Å². The zero-order valence-electron chi connectivity index (χ0n) is 17.8. The topological polar surface area (TPSA) is 85.9 Å². The van der Waals surface area contributed by atoms with Crippen LogP contribution < -0.4 is 10.2 Å². The molecular formula is C23H20F2N8. The molecule has 1 aliphatic rings. The molecule has 1 saturated heterocycles. The van der Waals surface area contributed by atoms with Gasteiger partial charge in [-0.3, -0.25) is 0 Å². The van der Waals surface area contributed by atoms with Crippen molar-refractivity contribution in [2.75, 3.05) is 43.4 Å². The number of anilines is 3. The fraction of sp³-hybridized carbons (Fsp3) is 0.217. The monoisotopic (exact) mass is 446 g/mol. The number of nitrogens with one attached hydrogen (secondary N) is 1. The maximum Gasteiger partial charge on any atom is 0.229 e. The van der Waals surface area contributed by atoms with Gasteiger partial charge in [-0.15, -0.1) is 0 Å². The maximum atomic E-state index is 14.1. The number of fused-ring (bicyclic) bond motifs is 1. The number of aromatic nitrogens is 4. The van der Waals surface area contributed by atoms with Gasteiger partial charge < -0.3 is 19.7 Å². The van der Waals surface area contributed by atoms with Crippen molar-refractivity contribution in [3.63, 3.8) is 0 Å². The fourth-order valence-electron chi connectivity index (χ4n) is 3.80. The van der Waals surface area contributed by atoms with Crippen LogP contribution in [0.1, 0.15) is 5.56 Å². The largest absolute Gasteiger partial charge is 0.354 e. The van der Waals surface area contributed by atoms with Gasteiger partial charge >= 0.3 is 0 Å². The van der Waals surface area contributed by atoms with E-state index in [0.29, 0.717) is 17.0 Å². The fourth-order valence-corrected chi connectivity index (χ4v) is 3.80. The van der Waals surface area contributed by atoms with Crippen molar-refractivity contribution >= 4 is 28.5 Å². The van der Waals surface area contributed by atoms with E-state index < -0.39 is 17.2 Å². The molecule has 1 N–H and O–H groups in total. The van der Waals surface area contributed by atoms with E-state index in [-0.39, 0.29) is 5.69 Å². The van der Waals surface area contributed by atoms with Gasteiger partial charge in [-0.2, -0.15) is 10.2 Å². The van der Waals surface area contributed by atoms with E-state index in [2.05, 4.69) is 37.1 Å². The molecule has 0 saturated carbocycles. The molecule has 1 fully saturated rings. The lowest BCUT2D eigenvalue weighted by Gasteiger charge is -2.33. The first-order chi connectivity index (χ1) is 16.0. The number of nitrogens with zero attached hydrogens (tertiary/aromatic N) is 7. The molecule has 1 aromatic carbocycles. The summed E-state index contributed by atoms with van der Waals surface area (Å²) in [5, 5.41) is 12.7. The van der Waals surface area contributed by atoms with Crippen molar-refractivity contribution < 1.29 is 8.78 Å². The van der Waals surface area contributed by atoms with Crippen molar-refractivity contribution in [2.45, 2.75) is 0 Å². The van der Waals surface area contributed by atoms with Crippen molar-refractivity contribution in [2.24, 2.45) is 0 Å². The number of piperazine rings is 1. The van der Waals surface area contributed by atoms with E-state index in [9.17, 15) is 8.78 Å². The smallest absolute Gasteiger partial charge is 0.229 e. The van der Waals surface area contributed by atoms with Crippen LogP contribution in [0.5, 0.6) is 0 Å². The van der Waals surface area contributed by atoms with Gasteiger partial charge in [-0.25, -0.2) is 18.7 Å². The van der Waals surface area contributed by atoms with Crippen molar-refractivity contribution in [1.82, 2.24) is 24.4 Å². The number of hydrogen-bond acceptors (Lipinski definition) is 7. The van der Waals surface area contributed by atoms with Crippen LogP contribution >= 0.6 is 0 Å². The minimum Gasteiger partial charge on any atom is -0.354 e.